The molecule has 1 aromatic rings. The second-order valence-electron chi connectivity index (χ2n) is 3.79. The Bertz CT molecular complexity index is 336. The number of ether oxygens (including phenoxy) is 1. The Labute approximate surface area is 97.9 Å². The van der Waals surface area contributed by atoms with Crippen LogP contribution in [-0.2, 0) is 4.74 Å². The van der Waals surface area contributed by atoms with Gasteiger partial charge in [-0.15, -0.1) is 0 Å². The first-order valence-electron chi connectivity index (χ1n) is 5.33. The molecule has 1 rings (SSSR count). The van der Waals surface area contributed by atoms with Crippen LogP contribution >= 0.6 is 0 Å². The summed E-state index contributed by atoms with van der Waals surface area (Å²) in [7, 11) is 0. The molecule has 0 radical (unpaired) electrons. The van der Waals surface area contributed by atoms with Gasteiger partial charge in [-0.2, -0.15) is 13.2 Å². The zero-order valence-electron chi connectivity index (χ0n) is 9.80. The molecule has 1 aromatic heterocycles. The van der Waals surface area contributed by atoms with Gasteiger partial charge in [0.25, 0.3) is 0 Å². The van der Waals surface area contributed by atoms with Gasteiger partial charge in [-0.05, 0) is 26.0 Å². The molecular weight excluding hydrogens is 235 g/mol. The minimum atomic E-state index is -4.26. The van der Waals surface area contributed by atoms with Gasteiger partial charge in [-0.1, -0.05) is 0 Å². The van der Waals surface area contributed by atoms with E-state index < -0.39 is 12.8 Å². The number of furan rings is 1. The third-order valence-electron chi connectivity index (χ3n) is 2.15. The Hall–Kier alpha value is -1.01. The van der Waals surface area contributed by atoms with Crippen molar-refractivity contribution in [1.82, 2.24) is 5.32 Å². The van der Waals surface area contributed by atoms with Gasteiger partial charge in [0.2, 0.25) is 0 Å². The lowest BCUT2D eigenvalue weighted by Gasteiger charge is -2.12. The second kappa shape index (κ2) is 6.07. The standard InChI is InChI=1S/C11H16F3NO2/c1-8-3-4-10(17-8)9(2)15-5-6-16-7-11(12,13)14/h3-4,9,15H,5-7H2,1-2H3. The molecule has 1 heterocycles. The van der Waals surface area contributed by atoms with Crippen LogP contribution in [0.4, 0.5) is 13.2 Å². The Morgan fingerprint density at radius 2 is 2.12 bits per heavy atom. The average Bonchev–Trinajstić information content (AvgIpc) is 2.62. The first kappa shape index (κ1) is 14.1. The lowest BCUT2D eigenvalue weighted by atomic mass is 10.2. The maximum Gasteiger partial charge on any atom is 0.411 e. The second-order valence-corrected chi connectivity index (χ2v) is 3.79. The van der Waals surface area contributed by atoms with Crippen molar-refractivity contribution >= 4 is 0 Å². The highest BCUT2D eigenvalue weighted by atomic mass is 19.4. The van der Waals surface area contributed by atoms with Crippen LogP contribution in [0.5, 0.6) is 0 Å². The van der Waals surface area contributed by atoms with Gasteiger partial charge in [0, 0.05) is 6.54 Å². The van der Waals surface area contributed by atoms with Crippen LogP contribution in [-0.4, -0.2) is 25.9 Å². The van der Waals surface area contributed by atoms with Crippen molar-refractivity contribution in [2.45, 2.75) is 26.1 Å². The number of aryl methyl sites for hydroxylation is 1. The van der Waals surface area contributed by atoms with Gasteiger partial charge in [-0.25, -0.2) is 0 Å². The lowest BCUT2D eigenvalue weighted by Crippen LogP contribution is -2.25. The van der Waals surface area contributed by atoms with E-state index in [1.165, 1.54) is 0 Å². The summed E-state index contributed by atoms with van der Waals surface area (Å²) in [6, 6.07) is 3.63. The topological polar surface area (TPSA) is 34.4 Å². The summed E-state index contributed by atoms with van der Waals surface area (Å²) in [4.78, 5) is 0. The summed E-state index contributed by atoms with van der Waals surface area (Å²) in [5, 5.41) is 3.01. The van der Waals surface area contributed by atoms with Crippen molar-refractivity contribution in [3.8, 4) is 0 Å². The third kappa shape index (κ3) is 5.74. The summed E-state index contributed by atoms with van der Waals surface area (Å²) in [5.74, 6) is 1.57. The first-order valence-corrected chi connectivity index (χ1v) is 5.33. The lowest BCUT2D eigenvalue weighted by molar-refractivity contribution is -0.173. The Morgan fingerprint density at radius 3 is 2.65 bits per heavy atom. The SMILES string of the molecule is Cc1ccc(C(C)NCCOCC(F)(F)F)o1. The van der Waals surface area contributed by atoms with E-state index in [-0.39, 0.29) is 12.6 Å². The van der Waals surface area contributed by atoms with Gasteiger partial charge >= 0.3 is 6.18 Å². The predicted molar refractivity (Wildman–Crippen MR) is 56.7 cm³/mol. The highest BCUT2D eigenvalue weighted by molar-refractivity contribution is 5.08. The maximum absolute atomic E-state index is 11.7. The van der Waals surface area contributed by atoms with Crippen LogP contribution in [0, 0.1) is 6.92 Å². The van der Waals surface area contributed by atoms with E-state index in [4.69, 9.17) is 4.42 Å². The fourth-order valence-corrected chi connectivity index (χ4v) is 1.32. The maximum atomic E-state index is 11.7. The Morgan fingerprint density at radius 1 is 1.41 bits per heavy atom. The van der Waals surface area contributed by atoms with Gasteiger partial charge in [0.05, 0.1) is 12.6 Å². The van der Waals surface area contributed by atoms with Crippen LogP contribution in [0.25, 0.3) is 0 Å². The fourth-order valence-electron chi connectivity index (χ4n) is 1.32. The van der Waals surface area contributed by atoms with Crippen molar-refractivity contribution in [3.05, 3.63) is 23.7 Å². The van der Waals surface area contributed by atoms with Crippen molar-refractivity contribution in [3.63, 3.8) is 0 Å². The first-order chi connectivity index (χ1) is 7.88. The van der Waals surface area contributed by atoms with E-state index in [0.29, 0.717) is 6.54 Å². The van der Waals surface area contributed by atoms with E-state index in [0.717, 1.165) is 11.5 Å². The number of nitrogens with one attached hydrogen (secondary N) is 1. The molecule has 1 N–H and O–H groups in total. The summed E-state index contributed by atoms with van der Waals surface area (Å²) < 4.78 is 45.1. The van der Waals surface area contributed by atoms with Crippen LogP contribution in [0.3, 0.4) is 0 Å². The molecule has 0 aliphatic rings. The van der Waals surface area contributed by atoms with Crippen LogP contribution in [0.1, 0.15) is 24.5 Å². The van der Waals surface area contributed by atoms with Crippen molar-refractivity contribution in [2.75, 3.05) is 19.8 Å². The zero-order chi connectivity index (χ0) is 12.9. The molecule has 0 saturated heterocycles. The monoisotopic (exact) mass is 251 g/mol. The average molecular weight is 251 g/mol. The van der Waals surface area contributed by atoms with Crippen LogP contribution in [0.2, 0.25) is 0 Å². The van der Waals surface area contributed by atoms with Crippen molar-refractivity contribution in [1.29, 1.82) is 0 Å². The van der Waals surface area contributed by atoms with E-state index >= 15 is 0 Å². The molecule has 0 aliphatic heterocycles. The minimum Gasteiger partial charge on any atom is -0.465 e. The summed E-state index contributed by atoms with van der Waals surface area (Å²) in [6.07, 6.45) is -4.26. The number of hydrogen-bond acceptors (Lipinski definition) is 3. The minimum absolute atomic E-state index is 0.0174. The highest BCUT2D eigenvalue weighted by Gasteiger charge is 2.27. The molecule has 98 valence electrons. The van der Waals surface area contributed by atoms with E-state index in [1.54, 1.807) is 0 Å². The van der Waals surface area contributed by atoms with Gasteiger partial charge in [-0.3, -0.25) is 0 Å². The molecule has 6 heteroatoms. The molecule has 0 bridgehead atoms. The molecular formula is C11H16F3NO2. The molecule has 0 aliphatic carbocycles. The summed E-state index contributed by atoms with van der Waals surface area (Å²) in [6.45, 7) is 2.87. The Kier molecular flexibility index (Phi) is 5.02. The van der Waals surface area contributed by atoms with Crippen molar-refractivity contribution in [2.24, 2.45) is 0 Å². The van der Waals surface area contributed by atoms with Gasteiger partial charge < -0.3 is 14.5 Å². The van der Waals surface area contributed by atoms with Crippen LogP contribution in [0.15, 0.2) is 16.5 Å². The molecule has 0 spiro atoms. The zero-order valence-corrected chi connectivity index (χ0v) is 9.80. The fraction of sp³-hybridized carbons (Fsp3) is 0.636. The van der Waals surface area contributed by atoms with E-state index in [2.05, 4.69) is 10.1 Å². The van der Waals surface area contributed by atoms with E-state index in [1.807, 2.05) is 26.0 Å². The molecule has 1 unspecified atom stereocenters. The van der Waals surface area contributed by atoms with Gasteiger partial charge in [0.15, 0.2) is 0 Å². The largest absolute Gasteiger partial charge is 0.465 e. The normalized spacial score (nSPS) is 13.9. The van der Waals surface area contributed by atoms with Crippen molar-refractivity contribution < 1.29 is 22.3 Å². The third-order valence-corrected chi connectivity index (χ3v) is 2.15. The number of rotatable bonds is 6. The molecule has 17 heavy (non-hydrogen) atoms. The Balaban J connectivity index is 2.15. The molecule has 3 nitrogen and oxygen atoms in total. The highest BCUT2D eigenvalue weighted by Crippen LogP contribution is 2.16. The smallest absolute Gasteiger partial charge is 0.411 e. The van der Waals surface area contributed by atoms with Crippen LogP contribution < -0.4 is 5.32 Å². The van der Waals surface area contributed by atoms with E-state index in [9.17, 15) is 13.2 Å². The predicted octanol–water partition coefficient (Wildman–Crippen LogP) is 2.82. The summed E-state index contributed by atoms with van der Waals surface area (Å²) in [5.41, 5.74) is 0. The number of alkyl halides is 3. The number of hydrogen-bond donors (Lipinski definition) is 1. The van der Waals surface area contributed by atoms with Gasteiger partial charge in [0.1, 0.15) is 18.1 Å². The molecule has 0 aromatic carbocycles. The molecule has 1 atom stereocenters. The number of halogens is 3. The molecule has 0 amide bonds. The molecule has 0 fully saturated rings. The summed E-state index contributed by atoms with van der Waals surface area (Å²) >= 11 is 0. The molecule has 0 saturated carbocycles. The quantitative estimate of drug-likeness (QED) is 0.789.